The van der Waals surface area contributed by atoms with E-state index < -0.39 is 23.8 Å². The fraction of sp³-hybridized carbons (Fsp3) is 0.455. The molecule has 0 aliphatic carbocycles. The minimum atomic E-state index is -1.03. The van der Waals surface area contributed by atoms with Gasteiger partial charge in [-0.05, 0) is 60.1 Å². The molecule has 0 aromatic carbocycles. The van der Waals surface area contributed by atoms with Gasteiger partial charge in [0.1, 0.15) is 6.54 Å². The lowest BCUT2D eigenvalue weighted by molar-refractivity contribution is -0.147. The molecular weight excluding hydrogens is 388 g/mol. The van der Waals surface area contributed by atoms with Gasteiger partial charge in [0.05, 0.1) is 17.9 Å². The summed E-state index contributed by atoms with van der Waals surface area (Å²) in [6, 6.07) is 1.66. The van der Waals surface area contributed by atoms with E-state index in [4.69, 9.17) is 9.47 Å². The Bertz CT molecular complexity index is 1010. The van der Waals surface area contributed by atoms with E-state index in [9.17, 15) is 19.2 Å². The van der Waals surface area contributed by atoms with Crippen LogP contribution in [0.15, 0.2) is 6.07 Å². The molecule has 30 heavy (non-hydrogen) atoms. The molecule has 0 aliphatic heterocycles. The van der Waals surface area contributed by atoms with E-state index in [1.54, 1.807) is 45.3 Å². The number of carbonyl (C=O) groups excluding carboxylic acids is 4. The Balaban J connectivity index is 2.14. The summed E-state index contributed by atoms with van der Waals surface area (Å²) in [4.78, 5) is 51.9. The van der Waals surface area contributed by atoms with Gasteiger partial charge in [-0.25, -0.2) is 4.79 Å². The van der Waals surface area contributed by atoms with Gasteiger partial charge in [0.2, 0.25) is 5.78 Å². The highest BCUT2D eigenvalue weighted by atomic mass is 16.5. The lowest BCUT2D eigenvalue weighted by Crippen LogP contribution is -2.27. The number of aromatic nitrogens is 2. The Labute approximate surface area is 175 Å². The number of H-pyrrole nitrogens is 1. The molecule has 2 aromatic heterocycles. The second-order valence-electron chi connectivity index (χ2n) is 7.27. The van der Waals surface area contributed by atoms with Crippen LogP contribution in [0.4, 0.5) is 0 Å². The largest absolute Gasteiger partial charge is 0.462 e. The van der Waals surface area contributed by atoms with Crippen molar-refractivity contribution in [2.24, 2.45) is 0 Å². The molecule has 1 N–H and O–H groups in total. The SMILES string of the molecule is CCOC(=O)c1cc(C)n(CC(=O)OC(C)C(=O)c2[nH]c(C)c(C(C)=O)c2C)c1C. The van der Waals surface area contributed by atoms with Crippen molar-refractivity contribution < 1.29 is 28.7 Å². The fourth-order valence-electron chi connectivity index (χ4n) is 3.60. The van der Waals surface area contributed by atoms with Gasteiger partial charge in [0, 0.05) is 22.6 Å². The van der Waals surface area contributed by atoms with Crippen molar-refractivity contribution in [3.63, 3.8) is 0 Å². The van der Waals surface area contributed by atoms with Crippen molar-refractivity contribution >= 4 is 23.5 Å². The quantitative estimate of drug-likeness (QED) is 0.523. The number of ether oxygens (including phenoxy) is 2. The van der Waals surface area contributed by atoms with Gasteiger partial charge in [-0.3, -0.25) is 14.4 Å². The summed E-state index contributed by atoms with van der Waals surface area (Å²) in [5.41, 5.74) is 3.56. The van der Waals surface area contributed by atoms with E-state index in [1.807, 2.05) is 0 Å². The molecule has 0 saturated heterocycles. The minimum absolute atomic E-state index is 0.138. The van der Waals surface area contributed by atoms with Crippen LogP contribution < -0.4 is 0 Å². The monoisotopic (exact) mass is 416 g/mol. The second-order valence-corrected chi connectivity index (χ2v) is 7.27. The van der Waals surface area contributed by atoms with Crippen molar-refractivity contribution in [3.8, 4) is 0 Å². The van der Waals surface area contributed by atoms with Gasteiger partial charge in [0.25, 0.3) is 0 Å². The minimum Gasteiger partial charge on any atom is -0.462 e. The lowest BCUT2D eigenvalue weighted by Gasteiger charge is -2.14. The Kier molecular flexibility index (Phi) is 7.02. The van der Waals surface area contributed by atoms with Crippen molar-refractivity contribution in [2.45, 2.75) is 61.1 Å². The number of esters is 2. The van der Waals surface area contributed by atoms with Crippen molar-refractivity contribution in [1.29, 1.82) is 0 Å². The van der Waals surface area contributed by atoms with Crippen LogP contribution in [0, 0.1) is 27.7 Å². The number of rotatable bonds is 8. The number of ketones is 2. The highest BCUT2D eigenvalue weighted by Gasteiger charge is 2.26. The molecule has 0 radical (unpaired) electrons. The number of aryl methyl sites for hydroxylation is 2. The van der Waals surface area contributed by atoms with Crippen molar-refractivity contribution in [1.82, 2.24) is 9.55 Å². The number of nitrogens with one attached hydrogen (secondary N) is 1. The van der Waals surface area contributed by atoms with E-state index in [0.717, 1.165) is 0 Å². The van der Waals surface area contributed by atoms with Crippen LogP contribution in [0.3, 0.4) is 0 Å². The van der Waals surface area contributed by atoms with Crippen LogP contribution in [0.5, 0.6) is 0 Å². The van der Waals surface area contributed by atoms with Crippen LogP contribution >= 0.6 is 0 Å². The maximum Gasteiger partial charge on any atom is 0.339 e. The second kappa shape index (κ2) is 9.11. The molecule has 8 nitrogen and oxygen atoms in total. The molecule has 8 heteroatoms. The molecule has 0 amide bonds. The molecule has 0 saturated carbocycles. The zero-order chi connectivity index (χ0) is 22.7. The van der Waals surface area contributed by atoms with E-state index in [0.29, 0.717) is 33.8 Å². The topological polar surface area (TPSA) is 107 Å². The molecule has 0 bridgehead atoms. The number of Topliss-reactive ketones (excluding diaryl/α,β-unsaturated/α-hetero) is 2. The summed E-state index contributed by atoms with van der Waals surface area (Å²) in [6.45, 7) is 11.7. The first-order valence-electron chi connectivity index (χ1n) is 9.77. The summed E-state index contributed by atoms with van der Waals surface area (Å²) < 4.78 is 12.0. The summed E-state index contributed by atoms with van der Waals surface area (Å²) in [5.74, 6) is -1.61. The number of hydrogen-bond donors (Lipinski definition) is 1. The molecule has 1 atom stereocenters. The summed E-state index contributed by atoms with van der Waals surface area (Å²) in [6.07, 6.45) is -1.03. The third kappa shape index (κ3) is 4.53. The summed E-state index contributed by atoms with van der Waals surface area (Å²) in [7, 11) is 0. The summed E-state index contributed by atoms with van der Waals surface area (Å²) >= 11 is 0. The number of carbonyl (C=O) groups is 4. The van der Waals surface area contributed by atoms with Gasteiger partial charge in [-0.15, -0.1) is 0 Å². The maximum atomic E-state index is 12.8. The molecule has 2 heterocycles. The highest BCUT2D eigenvalue weighted by Crippen LogP contribution is 2.21. The molecular formula is C22H28N2O6. The van der Waals surface area contributed by atoms with E-state index in [1.165, 1.54) is 13.8 Å². The third-order valence-electron chi connectivity index (χ3n) is 5.07. The van der Waals surface area contributed by atoms with E-state index in [2.05, 4.69) is 4.98 Å². The first kappa shape index (κ1) is 23.1. The van der Waals surface area contributed by atoms with Crippen LogP contribution in [-0.4, -0.2) is 45.8 Å². The molecule has 2 rings (SSSR count). The standard InChI is InChI=1S/C22H28N2O6/c1-8-29-22(28)17-9-11(2)24(14(17)5)10-18(26)30-16(7)21(27)20-12(3)19(15(6)25)13(4)23-20/h9,16,23H,8,10H2,1-7H3. The fourth-order valence-corrected chi connectivity index (χ4v) is 3.60. The van der Waals surface area contributed by atoms with Gasteiger partial charge in [0.15, 0.2) is 11.9 Å². The number of aromatic amines is 1. The number of nitrogens with zero attached hydrogens (tertiary/aromatic N) is 1. The van der Waals surface area contributed by atoms with Gasteiger partial charge in [-0.1, -0.05) is 0 Å². The molecule has 162 valence electrons. The molecule has 1 unspecified atom stereocenters. The van der Waals surface area contributed by atoms with E-state index in [-0.39, 0.29) is 24.6 Å². The third-order valence-corrected chi connectivity index (χ3v) is 5.07. The molecule has 0 fully saturated rings. The molecule has 0 aliphatic rings. The molecule has 2 aromatic rings. The van der Waals surface area contributed by atoms with Gasteiger partial charge in [-0.2, -0.15) is 0 Å². The normalized spacial score (nSPS) is 11.8. The Morgan fingerprint density at radius 2 is 1.77 bits per heavy atom. The highest BCUT2D eigenvalue weighted by molar-refractivity contribution is 6.05. The number of hydrogen-bond acceptors (Lipinski definition) is 6. The van der Waals surface area contributed by atoms with Crippen LogP contribution in [0.25, 0.3) is 0 Å². The lowest BCUT2D eigenvalue weighted by atomic mass is 10.0. The predicted molar refractivity (Wildman–Crippen MR) is 110 cm³/mol. The Morgan fingerprint density at radius 1 is 1.13 bits per heavy atom. The average molecular weight is 416 g/mol. The van der Waals surface area contributed by atoms with Gasteiger partial charge < -0.3 is 19.0 Å². The van der Waals surface area contributed by atoms with Crippen molar-refractivity contribution in [2.75, 3.05) is 6.61 Å². The zero-order valence-electron chi connectivity index (χ0n) is 18.5. The van der Waals surface area contributed by atoms with Crippen LogP contribution in [-0.2, 0) is 20.8 Å². The average Bonchev–Trinajstić information content (AvgIpc) is 3.11. The maximum absolute atomic E-state index is 12.8. The van der Waals surface area contributed by atoms with Crippen LogP contribution in [0.2, 0.25) is 0 Å². The Hall–Kier alpha value is -3.16. The van der Waals surface area contributed by atoms with Gasteiger partial charge >= 0.3 is 11.9 Å². The Morgan fingerprint density at radius 3 is 2.30 bits per heavy atom. The summed E-state index contributed by atoms with van der Waals surface area (Å²) in [5, 5.41) is 0. The first-order chi connectivity index (χ1) is 14.0. The zero-order valence-corrected chi connectivity index (χ0v) is 18.5. The van der Waals surface area contributed by atoms with Crippen LogP contribution in [0.1, 0.15) is 74.6 Å². The smallest absolute Gasteiger partial charge is 0.339 e. The van der Waals surface area contributed by atoms with Crippen molar-refractivity contribution in [3.05, 3.63) is 45.5 Å². The molecule has 0 spiro atoms. The van der Waals surface area contributed by atoms with E-state index >= 15 is 0 Å². The first-order valence-corrected chi connectivity index (χ1v) is 9.77. The predicted octanol–water partition coefficient (Wildman–Crippen LogP) is 3.24.